The predicted octanol–water partition coefficient (Wildman–Crippen LogP) is 6.00. The van der Waals surface area contributed by atoms with Gasteiger partial charge in [-0.25, -0.2) is 14.2 Å². The van der Waals surface area contributed by atoms with Gasteiger partial charge in [-0.05, 0) is 75.4 Å². The van der Waals surface area contributed by atoms with Crippen LogP contribution in [0.1, 0.15) is 36.3 Å². The van der Waals surface area contributed by atoms with E-state index >= 15 is 0 Å². The summed E-state index contributed by atoms with van der Waals surface area (Å²) in [5.74, 6) is -0.548. The van der Waals surface area contributed by atoms with E-state index in [1.807, 2.05) is 19.9 Å². The molecule has 0 aliphatic heterocycles. The van der Waals surface area contributed by atoms with Crippen LogP contribution in [0.25, 0.3) is 16.8 Å². The molecule has 0 amide bonds. The van der Waals surface area contributed by atoms with Gasteiger partial charge in [0, 0.05) is 42.5 Å². The second-order valence-electron chi connectivity index (χ2n) is 8.96. The minimum atomic E-state index is -0.968. The van der Waals surface area contributed by atoms with E-state index in [2.05, 4.69) is 40.2 Å². The van der Waals surface area contributed by atoms with Crippen molar-refractivity contribution in [2.75, 3.05) is 24.7 Å². The molecule has 0 unspecified atom stereocenters. The van der Waals surface area contributed by atoms with Crippen LogP contribution in [0.15, 0.2) is 59.6 Å². The molecule has 0 bridgehead atoms. The number of anilines is 2. The summed E-state index contributed by atoms with van der Waals surface area (Å²) in [5, 5.41) is 12.8. The third-order valence-electron chi connectivity index (χ3n) is 6.24. The number of aliphatic carboxylic acids is 1. The second kappa shape index (κ2) is 11.8. The minimum absolute atomic E-state index is 0.285. The molecule has 2 aromatic heterocycles. The van der Waals surface area contributed by atoms with Gasteiger partial charge in [0.25, 0.3) is 0 Å². The van der Waals surface area contributed by atoms with Gasteiger partial charge >= 0.3 is 5.97 Å². The zero-order valence-corrected chi connectivity index (χ0v) is 21.3. The van der Waals surface area contributed by atoms with Crippen molar-refractivity contribution < 1.29 is 23.6 Å². The molecule has 2 aromatic carbocycles. The molecule has 4 aromatic rings. The normalized spacial score (nSPS) is 11.1. The summed E-state index contributed by atoms with van der Waals surface area (Å²) in [4.78, 5) is 16.9. The van der Waals surface area contributed by atoms with Gasteiger partial charge in [0.15, 0.2) is 0 Å². The number of hydrogen-bond acceptors (Lipinski definition) is 6. The number of aromatic nitrogens is 3. The Bertz CT molecular complexity index is 1330. The molecular formula is C28H31FN4O4. The highest BCUT2D eigenvalue weighted by molar-refractivity contribution is 5.77. The predicted molar refractivity (Wildman–Crippen MR) is 139 cm³/mol. The molecule has 0 spiro atoms. The van der Waals surface area contributed by atoms with Crippen molar-refractivity contribution >= 4 is 17.3 Å². The number of benzene rings is 2. The molecule has 37 heavy (non-hydrogen) atoms. The summed E-state index contributed by atoms with van der Waals surface area (Å²) in [6.07, 6.45) is 7.36. The number of halogens is 1. The quantitative estimate of drug-likeness (QED) is 0.236. The number of carboxylic acids is 1. The van der Waals surface area contributed by atoms with Crippen molar-refractivity contribution in [1.82, 2.24) is 14.7 Å². The molecule has 0 radical (unpaired) electrons. The molecule has 8 nitrogen and oxygen atoms in total. The monoisotopic (exact) mass is 506 g/mol. The Hall–Kier alpha value is -3.98. The zero-order chi connectivity index (χ0) is 26.4. The number of hydrogen-bond donors (Lipinski definition) is 1. The number of aryl methyl sites for hydroxylation is 3. The number of unbranched alkanes of at least 4 members (excludes halogenated alkanes) is 2. The highest BCUT2D eigenvalue weighted by Gasteiger charge is 2.18. The van der Waals surface area contributed by atoms with E-state index in [1.54, 1.807) is 29.4 Å². The first-order chi connectivity index (χ1) is 17.8. The lowest BCUT2D eigenvalue weighted by atomic mass is 10.0. The molecule has 0 fully saturated rings. The average molecular weight is 507 g/mol. The van der Waals surface area contributed by atoms with Gasteiger partial charge in [0.2, 0.25) is 0 Å². The zero-order valence-electron chi connectivity index (χ0n) is 21.3. The smallest absolute Gasteiger partial charge is 0.329 e. The third-order valence-corrected chi connectivity index (χ3v) is 6.24. The molecule has 194 valence electrons. The number of carboxylic acid groups (broad SMARTS) is 1. The number of imidazole rings is 1. The number of rotatable bonds is 12. The van der Waals surface area contributed by atoms with Crippen molar-refractivity contribution in [2.24, 2.45) is 0 Å². The first-order valence-corrected chi connectivity index (χ1v) is 12.2. The van der Waals surface area contributed by atoms with Crippen molar-refractivity contribution in [2.45, 2.75) is 40.0 Å². The van der Waals surface area contributed by atoms with Gasteiger partial charge in [-0.15, -0.1) is 0 Å². The van der Waals surface area contributed by atoms with Gasteiger partial charge in [0.1, 0.15) is 18.2 Å². The van der Waals surface area contributed by atoms with Crippen LogP contribution in [-0.4, -0.2) is 45.5 Å². The maximum absolute atomic E-state index is 14.8. The molecule has 0 saturated carbocycles. The summed E-state index contributed by atoms with van der Waals surface area (Å²) in [6, 6.07) is 11.3. The van der Waals surface area contributed by atoms with E-state index in [9.17, 15) is 9.18 Å². The summed E-state index contributed by atoms with van der Waals surface area (Å²) < 4.78 is 27.0. The molecule has 0 aliphatic rings. The topological polar surface area (TPSA) is 93.6 Å². The van der Waals surface area contributed by atoms with Crippen LogP contribution in [0, 0.1) is 26.6 Å². The Labute approximate surface area is 215 Å². The average Bonchev–Trinajstić information content (AvgIpc) is 3.52. The van der Waals surface area contributed by atoms with Gasteiger partial charge in [-0.3, -0.25) is 0 Å². The Balaban J connectivity index is 1.65. The fourth-order valence-corrected chi connectivity index (χ4v) is 4.42. The largest absolute Gasteiger partial charge is 0.480 e. The van der Waals surface area contributed by atoms with Crippen LogP contribution in [0.5, 0.6) is 0 Å². The lowest BCUT2D eigenvalue weighted by molar-refractivity contribution is -0.142. The molecule has 0 saturated heterocycles. The summed E-state index contributed by atoms with van der Waals surface area (Å²) >= 11 is 0. The van der Waals surface area contributed by atoms with E-state index in [-0.39, 0.29) is 12.4 Å². The Morgan fingerprint density at radius 3 is 2.68 bits per heavy atom. The van der Waals surface area contributed by atoms with Gasteiger partial charge < -0.3 is 23.8 Å². The summed E-state index contributed by atoms with van der Waals surface area (Å²) in [5.41, 5.74) is 6.14. The number of carbonyl (C=O) groups is 1. The van der Waals surface area contributed by atoms with Crippen molar-refractivity contribution in [1.29, 1.82) is 0 Å². The minimum Gasteiger partial charge on any atom is -0.480 e. The maximum atomic E-state index is 14.8. The van der Waals surface area contributed by atoms with Crippen LogP contribution in [0.4, 0.5) is 15.8 Å². The number of ether oxygens (including phenoxy) is 1. The van der Waals surface area contributed by atoms with Gasteiger partial charge in [0.05, 0.1) is 17.7 Å². The highest BCUT2D eigenvalue weighted by atomic mass is 19.1. The molecule has 2 heterocycles. The Morgan fingerprint density at radius 1 is 1.14 bits per heavy atom. The van der Waals surface area contributed by atoms with Gasteiger partial charge in [-0.1, -0.05) is 17.3 Å². The molecule has 0 atom stereocenters. The summed E-state index contributed by atoms with van der Waals surface area (Å²) in [7, 11) is 0. The van der Waals surface area contributed by atoms with Gasteiger partial charge in [-0.2, -0.15) is 0 Å². The summed E-state index contributed by atoms with van der Waals surface area (Å²) in [6.45, 7) is 6.67. The van der Waals surface area contributed by atoms with Crippen LogP contribution < -0.4 is 4.90 Å². The van der Waals surface area contributed by atoms with Crippen molar-refractivity contribution in [3.05, 3.63) is 78.0 Å². The highest BCUT2D eigenvalue weighted by Crippen LogP contribution is 2.36. The van der Waals surface area contributed by atoms with Crippen LogP contribution in [-0.2, 0) is 9.53 Å². The molecular weight excluding hydrogens is 475 g/mol. The molecule has 1 N–H and O–H groups in total. The van der Waals surface area contributed by atoms with E-state index in [1.165, 1.54) is 6.07 Å². The second-order valence-corrected chi connectivity index (χ2v) is 8.96. The Morgan fingerprint density at radius 2 is 1.97 bits per heavy atom. The van der Waals surface area contributed by atoms with Crippen molar-refractivity contribution in [3.63, 3.8) is 0 Å². The molecule has 9 heteroatoms. The Kier molecular flexibility index (Phi) is 8.35. The fourth-order valence-electron chi connectivity index (χ4n) is 4.42. The van der Waals surface area contributed by atoms with E-state index < -0.39 is 5.97 Å². The standard InChI is InChI=1S/C28H31FN4O4/c1-19-7-8-22(28-20(2)31-37-21(28)3)15-25(19)33(12-5-4-6-14-36-17-27(34)35)23-9-10-24(29)26(16-23)32-13-11-30-18-32/h7-11,13,15-16,18H,4-6,12,14,17H2,1-3H3,(H,34,35). The van der Waals surface area contributed by atoms with Crippen LogP contribution in [0.3, 0.4) is 0 Å². The van der Waals surface area contributed by atoms with E-state index in [4.69, 9.17) is 14.4 Å². The van der Waals surface area contributed by atoms with E-state index in [0.29, 0.717) is 18.8 Å². The third kappa shape index (κ3) is 6.24. The first kappa shape index (κ1) is 26.1. The fraction of sp³-hybridized carbons (Fsp3) is 0.321. The number of nitrogens with zero attached hydrogens (tertiary/aromatic N) is 4. The van der Waals surface area contributed by atoms with Crippen LogP contribution >= 0.6 is 0 Å². The first-order valence-electron chi connectivity index (χ1n) is 12.2. The molecule has 0 aliphatic carbocycles. The van der Waals surface area contributed by atoms with Crippen LogP contribution in [0.2, 0.25) is 0 Å². The van der Waals surface area contributed by atoms with Crippen molar-refractivity contribution in [3.8, 4) is 16.8 Å². The SMILES string of the molecule is Cc1ccc(-c2c(C)noc2C)cc1N(CCCCCOCC(=O)O)c1ccc(F)c(-n2ccnc2)c1. The lowest BCUT2D eigenvalue weighted by Crippen LogP contribution is -2.20. The molecule has 4 rings (SSSR count). The van der Waals surface area contributed by atoms with E-state index in [0.717, 1.165) is 58.8 Å². The lowest BCUT2D eigenvalue weighted by Gasteiger charge is -2.28. The maximum Gasteiger partial charge on any atom is 0.329 e.